The standard InChI is InChI=1S/C16H21N4O2.C13H15N5O.C13H16N5O.C13H16N5.C12H13N5O.C11H10N4O.C9H7N5O4.3CH4O4S/c1-19-8-2-3-15(13-19)18-17-14-4-6-16(7-5-14)20(9-11-21)10-12-22;1-8-3-4-18(19)13(5-8)17-16-12-6-9(2)10(14)7-11(12)15;1-18-5-3-4-9(8-18)16-17-12-7-13(19-2)11(15)6-10(12)14;1-9-6-13(12(15)7-11(9)14)17-16-10-4-3-5-18(2)8-10;1-8-6-11(10(14)7-9(8)13)15-16-12-4-2-3-5-17(12)18;12-9-3-5-10(6-4-9)13-14-11-2-1-7-15(16)8-11;15-7-6(8(16)11-9(17)10-7)13-12-5-3-1-2-4-14(5)18;3*1-6(3,4)5-2/h2-8,13,21-22H,9-12H2,1H3;3-7,14,19H,15H2,1-2H3;3-8H,14-15H2,1-2H3;3-8H,14-15H2,1-2H3;2-7,13,18H,14H2,1H3;1-8H,12H2;1-4,6H,(H2,10,11,15,16,17);3*2H,1H3/q+1;;2*+1;;;;;;/p-3. The number of aryl methyl sites for hydroxylation is 5. The van der Waals surface area contributed by atoms with E-state index in [9.17, 15) is 60.5 Å². The molecule has 58 heteroatoms. The number of urea groups is 1. The summed E-state index contributed by atoms with van der Waals surface area (Å²) in [4.78, 5) is 35.3. The Morgan fingerprint density at radius 1 is 0.453 bits per heavy atom. The Bertz CT molecular complexity index is 7250. The Labute approximate surface area is 846 Å². The van der Waals surface area contributed by atoms with Gasteiger partial charge in [-0.3, -0.25) is 20.2 Å². The number of nitrogens with two attached hydrogens (primary N) is 7. The maximum absolute atomic E-state index is 11.3. The molecule has 14 rings (SSSR count). The molecule has 0 spiro atoms. The maximum Gasteiger partial charge on any atom is 0.353 e. The number of imide groups is 2. The van der Waals surface area contributed by atoms with Crippen molar-refractivity contribution < 1.29 is 117 Å². The second-order valence-corrected chi connectivity index (χ2v) is 34.8. The molecule has 7 aromatic heterocycles. The van der Waals surface area contributed by atoms with Crippen molar-refractivity contribution in [3.05, 3.63) is 317 Å². The first-order valence-corrected chi connectivity index (χ1v) is 47.7. The molecule has 2 aliphatic carbocycles. The highest BCUT2D eigenvalue weighted by Gasteiger charge is 2.36. The van der Waals surface area contributed by atoms with Crippen LogP contribution in [0.2, 0.25) is 0 Å². The summed E-state index contributed by atoms with van der Waals surface area (Å²) in [6.45, 7) is 8.49. The van der Waals surface area contributed by atoms with Gasteiger partial charge in [-0.05, 0) is 196 Å². The summed E-state index contributed by atoms with van der Waals surface area (Å²) in [7, 11) is -3.83. The quantitative estimate of drug-likeness (QED) is 0.00548. The van der Waals surface area contributed by atoms with E-state index in [0.29, 0.717) is 143 Å². The van der Waals surface area contributed by atoms with Crippen LogP contribution >= 0.6 is 0 Å². The number of aliphatic hydroxyl groups excluding tert-OH is 2. The number of barbiturate groups is 1. The molecule has 4 amide bonds. The largest absolute Gasteiger partial charge is 0.710 e. The van der Waals surface area contributed by atoms with Gasteiger partial charge in [0.15, 0.2) is 60.0 Å². The first kappa shape index (κ1) is 120. The molecule has 1 fully saturated rings. The minimum atomic E-state index is -3.72. The normalized spacial score (nSPS) is 13.7. The van der Waals surface area contributed by atoms with Crippen molar-refractivity contribution in [2.45, 2.75) is 33.7 Å². The van der Waals surface area contributed by atoms with Crippen molar-refractivity contribution in [1.29, 1.82) is 10.8 Å². The molecule has 0 radical (unpaired) electrons. The number of hydrogen-bond acceptors (Lipinski definition) is 46. The number of amides is 4. The van der Waals surface area contributed by atoms with Crippen LogP contribution in [0.4, 0.5) is 90.2 Å². The van der Waals surface area contributed by atoms with Gasteiger partial charge in [-0.2, -0.15) is 24.4 Å². The van der Waals surface area contributed by atoms with Crippen LogP contribution in [0.3, 0.4) is 0 Å². The van der Waals surface area contributed by atoms with Crippen LogP contribution in [0, 0.1) is 35.1 Å². The molecule has 22 N–H and O–H groups in total. The highest BCUT2D eigenvalue weighted by atomic mass is 32.2. The van der Waals surface area contributed by atoms with Gasteiger partial charge in [0.1, 0.15) is 66.8 Å². The van der Waals surface area contributed by atoms with Gasteiger partial charge in [-0.15, -0.1) is 51.1 Å². The van der Waals surface area contributed by atoms with E-state index in [2.05, 4.69) is 84.5 Å². The van der Waals surface area contributed by atoms with Crippen molar-refractivity contribution in [2.75, 3.05) is 85.7 Å². The minimum Gasteiger partial charge on any atom is -0.710 e. The Morgan fingerprint density at radius 3 is 1.30 bits per heavy atom. The van der Waals surface area contributed by atoms with E-state index in [1.165, 1.54) is 55.3 Å². The third kappa shape index (κ3) is 45.3. The van der Waals surface area contributed by atoms with Crippen LogP contribution < -0.4 is 110 Å². The number of ether oxygens (including phenoxy) is 1. The Kier molecular flexibility index (Phi) is 48.9. The van der Waals surface area contributed by atoms with Gasteiger partial charge >= 0.3 is 11.8 Å². The fourth-order valence-electron chi connectivity index (χ4n) is 10.6. The molecule has 8 heterocycles. The molecule has 1 aliphatic heterocycles. The summed E-state index contributed by atoms with van der Waals surface area (Å²) in [5.74, 6) is -1.32. The van der Waals surface area contributed by atoms with Gasteiger partial charge < -0.3 is 120 Å². The van der Waals surface area contributed by atoms with Gasteiger partial charge in [0.05, 0.1) is 102 Å². The van der Waals surface area contributed by atoms with E-state index in [4.69, 9.17) is 81.7 Å². The number of aromatic nitrogens is 7. The fourth-order valence-corrected chi connectivity index (χ4v) is 10.6. The van der Waals surface area contributed by atoms with Crippen LogP contribution in [-0.2, 0) is 74.1 Å². The summed E-state index contributed by atoms with van der Waals surface area (Å²) < 4.78 is 78.5. The molecular weight excluding hydrogens is 1990 g/mol. The number of rotatable bonds is 21. The zero-order valence-electron chi connectivity index (χ0n) is 81.0. The van der Waals surface area contributed by atoms with Crippen molar-refractivity contribution in [3.8, 4) is 5.75 Å². The molecule has 782 valence electrons. The molecule has 11 aromatic rings. The first-order chi connectivity index (χ1) is 69.9. The molecule has 4 aromatic carbocycles. The number of benzene rings is 4. The van der Waals surface area contributed by atoms with Crippen LogP contribution in [-0.4, -0.2) is 154 Å². The predicted molar refractivity (Wildman–Crippen MR) is 535 cm³/mol. The average molecular weight is 2100 g/mol. The summed E-state index contributed by atoms with van der Waals surface area (Å²) in [5.41, 5.74) is 55.9. The Balaban J connectivity index is 0.000000295. The number of azo groups is 5. The second-order valence-electron chi connectivity index (χ2n) is 30.2. The number of hydrogen-bond donors (Lipinski definition) is 15. The molecule has 55 nitrogen and oxygen atoms in total. The maximum atomic E-state index is 11.3. The van der Waals surface area contributed by atoms with E-state index < -0.39 is 54.2 Å². The third-order valence-corrected chi connectivity index (χ3v) is 18.6. The summed E-state index contributed by atoms with van der Waals surface area (Å²) in [6, 6.07) is 46.5. The monoisotopic (exact) mass is 2100 g/mol. The zero-order chi connectivity index (χ0) is 110. The Hall–Kier alpha value is -18.3. The SMILES string of the molecule is CC1=CC(=NN=c2cc(C)ccn2O)C(N)=CC1=N.CC1=CC(=NN=c2ccccn2O)C(N)=CC1=N.COc1cc(N=Nc2ccc[n+](C)c2)c(N)cc1N.CS(=O)(=O)O[O-].CS(=O)(=O)O[O-].CS(=O)(=O)O[O-].C[n+]1cccc(N=Nc2ccc(N(CCO)CCO)cc2)c1.Cc1cc(N=Nc2ccc[n+](C)c2)c(N)cc1N.Nc1ccc(N=Nc2ccc[n+]([O-])c2)cc1.O=C1NC(=O)C(N=Nc2cccc[n+]2[O-])C(=O)N1. The lowest BCUT2D eigenvalue weighted by Gasteiger charge is -2.22. The lowest BCUT2D eigenvalue weighted by atomic mass is 10.0. The third-order valence-electron chi connectivity index (χ3n) is 17.9. The van der Waals surface area contributed by atoms with Gasteiger partial charge in [0.25, 0.3) is 48.2 Å². The number of methoxy groups -OCH3 is 1. The molecule has 0 saturated carbocycles. The van der Waals surface area contributed by atoms with Crippen molar-refractivity contribution >= 4 is 156 Å². The van der Waals surface area contributed by atoms with Crippen LogP contribution in [0.25, 0.3) is 0 Å². The molecule has 0 atom stereocenters. The van der Waals surface area contributed by atoms with E-state index in [1.807, 2.05) is 168 Å². The molecule has 1 saturated heterocycles. The number of nitrogens with one attached hydrogen (secondary N) is 4. The Morgan fingerprint density at radius 2 is 0.865 bits per heavy atom. The minimum absolute atomic E-state index is 0.0481. The van der Waals surface area contributed by atoms with Gasteiger partial charge in [0.2, 0.25) is 6.20 Å². The molecule has 3 aliphatic rings. The lowest BCUT2D eigenvalue weighted by Crippen LogP contribution is -2.57. The number of nitrogen functional groups attached to an aromatic ring is 5. The predicted octanol–water partition coefficient (Wildman–Crippen LogP) is 4.30. The molecule has 0 unspecified atom stereocenters. The number of carbonyl (C=O) groups excluding carboxylic acids is 3. The van der Waals surface area contributed by atoms with Crippen molar-refractivity contribution in [1.82, 2.24) is 20.1 Å². The number of anilines is 6. The van der Waals surface area contributed by atoms with Crippen LogP contribution in [0.1, 0.15) is 25.0 Å². The number of allylic oxidation sites excluding steroid dienone is 6. The number of carbonyl (C=O) groups is 3. The fraction of sp³-hybridized carbons (Fsp3) is 0.178. The van der Waals surface area contributed by atoms with E-state index in [-0.39, 0.29) is 19.0 Å². The second kappa shape index (κ2) is 60.2. The smallest absolute Gasteiger partial charge is 0.353 e. The van der Waals surface area contributed by atoms with Crippen molar-refractivity contribution in [2.24, 2.45) is 104 Å². The first-order valence-electron chi connectivity index (χ1n) is 42.2. The van der Waals surface area contributed by atoms with E-state index in [0.717, 1.165) is 60.2 Å². The van der Waals surface area contributed by atoms with Crippen LogP contribution in [0.15, 0.2) is 356 Å². The summed E-state index contributed by atoms with van der Waals surface area (Å²) in [6.07, 6.45) is 26.8. The highest BCUT2D eigenvalue weighted by Crippen LogP contribution is 2.34. The summed E-state index contributed by atoms with van der Waals surface area (Å²) in [5, 5.41) is 160. The van der Waals surface area contributed by atoms with Crippen molar-refractivity contribution in [3.63, 3.8) is 0 Å². The number of pyridine rings is 7. The van der Waals surface area contributed by atoms with E-state index in [1.54, 1.807) is 124 Å². The number of aliphatic hydroxyl groups is 2. The topological polar surface area (TPSA) is 846 Å². The molecular formula is C90H107N33O22S3. The zero-order valence-corrected chi connectivity index (χ0v) is 83.4. The highest BCUT2D eigenvalue weighted by molar-refractivity contribution is 7.86. The van der Waals surface area contributed by atoms with Gasteiger partial charge in [-0.25, -0.2) is 48.5 Å². The van der Waals surface area contributed by atoms with Gasteiger partial charge in [-0.1, -0.05) is 17.2 Å². The molecule has 0 bridgehead atoms. The van der Waals surface area contributed by atoms with Crippen LogP contribution in [0.5, 0.6) is 5.75 Å². The molecule has 148 heavy (non-hydrogen) atoms. The lowest BCUT2D eigenvalue weighted by molar-refractivity contribution is -0.671. The number of nitrogens with zero attached hydrogens (tertiary/aromatic N) is 22. The average Bonchev–Trinajstić information content (AvgIpc) is 0.853. The van der Waals surface area contributed by atoms with E-state index >= 15 is 0 Å². The van der Waals surface area contributed by atoms with Gasteiger partial charge in [0, 0.05) is 78.9 Å². The summed E-state index contributed by atoms with van der Waals surface area (Å²) >= 11 is 0.